The Hall–Kier alpha value is -0.380. The quantitative estimate of drug-likeness (QED) is 0.755. The highest BCUT2D eigenvalue weighted by Gasteiger charge is 2.40. The highest BCUT2D eigenvalue weighted by atomic mass is 32.2. The fraction of sp³-hybridized carbons (Fsp3) is 1.00. The smallest absolute Gasteiger partial charge is 0.313 e. The number of halogens is 3. The summed E-state index contributed by atoms with van der Waals surface area (Å²) in [5.74, 6) is 0. The van der Waals surface area contributed by atoms with E-state index in [1.54, 1.807) is 4.72 Å². The molecular weight excluding hydrogens is 283 g/mol. The molecule has 0 spiro atoms. The van der Waals surface area contributed by atoms with Gasteiger partial charge < -0.3 is 5.32 Å². The van der Waals surface area contributed by atoms with Gasteiger partial charge in [0.1, 0.15) is 6.54 Å². The molecule has 0 amide bonds. The van der Waals surface area contributed by atoms with Gasteiger partial charge in [0.25, 0.3) is 10.2 Å². The maximum atomic E-state index is 12.1. The van der Waals surface area contributed by atoms with E-state index in [0.717, 1.165) is 32.2 Å². The number of nitrogens with one attached hydrogen (secondary N) is 2. The largest absolute Gasteiger partial charge is 0.402 e. The molecule has 19 heavy (non-hydrogen) atoms. The van der Waals surface area contributed by atoms with Crippen LogP contribution in [0, 0.1) is 0 Å². The predicted octanol–water partition coefficient (Wildman–Crippen LogP) is 0.599. The molecule has 112 valence electrons. The SMILES string of the molecule is O=S(=O)(NCC(F)(F)F)N(CC1CCCN1)C1CC1. The second kappa shape index (κ2) is 5.55. The summed E-state index contributed by atoms with van der Waals surface area (Å²) in [6, 6.07) is -0.101. The van der Waals surface area contributed by atoms with Crippen LogP contribution in [0.3, 0.4) is 0 Å². The van der Waals surface area contributed by atoms with Crippen LogP contribution in [0.5, 0.6) is 0 Å². The lowest BCUT2D eigenvalue weighted by Gasteiger charge is -2.25. The van der Waals surface area contributed by atoms with Crippen LogP contribution in [0.25, 0.3) is 0 Å². The molecule has 2 aliphatic rings. The summed E-state index contributed by atoms with van der Waals surface area (Å²) >= 11 is 0. The van der Waals surface area contributed by atoms with Gasteiger partial charge in [-0.15, -0.1) is 0 Å². The third kappa shape index (κ3) is 4.59. The van der Waals surface area contributed by atoms with Crippen LogP contribution in [0.4, 0.5) is 13.2 Å². The second-order valence-electron chi connectivity index (χ2n) is 5.04. The summed E-state index contributed by atoms with van der Waals surface area (Å²) in [6.07, 6.45) is -1.26. The highest BCUT2D eigenvalue weighted by molar-refractivity contribution is 7.87. The summed E-state index contributed by atoms with van der Waals surface area (Å²) in [5.41, 5.74) is 0. The normalized spacial score (nSPS) is 25.2. The number of alkyl halides is 3. The lowest BCUT2D eigenvalue weighted by Crippen LogP contribution is -2.49. The number of hydrogen-bond donors (Lipinski definition) is 2. The van der Waals surface area contributed by atoms with Crippen LogP contribution in [-0.2, 0) is 10.2 Å². The Morgan fingerprint density at radius 1 is 1.26 bits per heavy atom. The molecule has 2 rings (SSSR count). The first kappa shape index (κ1) is 15.0. The monoisotopic (exact) mass is 301 g/mol. The van der Waals surface area contributed by atoms with Crippen molar-refractivity contribution in [2.45, 2.75) is 43.9 Å². The van der Waals surface area contributed by atoms with Crippen LogP contribution >= 0.6 is 0 Å². The molecule has 1 aliphatic carbocycles. The standard InChI is InChI=1S/C10H18F3N3O2S/c11-10(12,13)7-15-19(17,18)16(9-3-4-9)6-8-2-1-5-14-8/h8-9,14-15H,1-7H2. The molecule has 0 aromatic rings. The molecule has 0 aromatic carbocycles. The van der Waals surface area contributed by atoms with Crippen LogP contribution in [0.1, 0.15) is 25.7 Å². The lowest BCUT2D eigenvalue weighted by molar-refractivity contribution is -0.121. The summed E-state index contributed by atoms with van der Waals surface area (Å²) < 4.78 is 63.0. The van der Waals surface area contributed by atoms with Gasteiger partial charge in [-0.1, -0.05) is 0 Å². The molecule has 9 heteroatoms. The Morgan fingerprint density at radius 3 is 2.42 bits per heavy atom. The van der Waals surface area contributed by atoms with E-state index in [2.05, 4.69) is 5.32 Å². The third-order valence-corrected chi connectivity index (χ3v) is 4.85. The molecule has 0 aromatic heterocycles. The van der Waals surface area contributed by atoms with Gasteiger partial charge in [0.05, 0.1) is 0 Å². The minimum Gasteiger partial charge on any atom is -0.313 e. The van der Waals surface area contributed by atoms with Crippen LogP contribution in [0.2, 0.25) is 0 Å². The van der Waals surface area contributed by atoms with Crippen molar-refractivity contribution in [1.29, 1.82) is 0 Å². The van der Waals surface area contributed by atoms with E-state index < -0.39 is 22.9 Å². The molecule has 2 N–H and O–H groups in total. The molecule has 2 fully saturated rings. The maximum absolute atomic E-state index is 12.1. The van der Waals surface area contributed by atoms with Gasteiger partial charge >= 0.3 is 6.18 Å². The van der Waals surface area contributed by atoms with Gasteiger partial charge in [0.2, 0.25) is 0 Å². The van der Waals surface area contributed by atoms with E-state index in [9.17, 15) is 21.6 Å². The van der Waals surface area contributed by atoms with Crippen LogP contribution in [-0.4, -0.2) is 50.6 Å². The van der Waals surface area contributed by atoms with Gasteiger partial charge in [-0.05, 0) is 32.2 Å². The van der Waals surface area contributed by atoms with Crippen molar-refractivity contribution in [3.05, 3.63) is 0 Å². The minimum absolute atomic E-state index is 0.0445. The average Bonchev–Trinajstić information content (AvgIpc) is 2.99. The average molecular weight is 301 g/mol. The van der Waals surface area contributed by atoms with Crippen molar-refractivity contribution in [1.82, 2.24) is 14.3 Å². The first-order valence-electron chi connectivity index (χ1n) is 6.34. The molecular formula is C10H18F3N3O2S. The van der Waals surface area contributed by atoms with E-state index in [0.29, 0.717) is 0 Å². The van der Waals surface area contributed by atoms with Crippen molar-refractivity contribution < 1.29 is 21.6 Å². The van der Waals surface area contributed by atoms with Gasteiger partial charge in [0.15, 0.2) is 0 Å². The van der Waals surface area contributed by atoms with Crippen molar-refractivity contribution in [2.75, 3.05) is 19.6 Å². The highest BCUT2D eigenvalue weighted by Crippen LogP contribution is 2.30. The Balaban J connectivity index is 1.96. The molecule has 1 unspecified atom stereocenters. The Labute approximate surface area is 110 Å². The number of rotatable bonds is 6. The fourth-order valence-electron chi connectivity index (χ4n) is 2.19. The van der Waals surface area contributed by atoms with Gasteiger partial charge in [-0.3, -0.25) is 0 Å². The van der Waals surface area contributed by atoms with Crippen molar-refractivity contribution >= 4 is 10.2 Å². The zero-order chi connectivity index (χ0) is 14.1. The summed E-state index contributed by atoms with van der Waals surface area (Å²) in [4.78, 5) is 0. The molecule has 1 saturated carbocycles. The van der Waals surface area contributed by atoms with E-state index in [1.807, 2.05) is 0 Å². The summed E-state index contributed by atoms with van der Waals surface area (Å²) in [7, 11) is -4.06. The topological polar surface area (TPSA) is 61.4 Å². The Bertz CT molecular complexity index is 403. The molecule has 1 heterocycles. The maximum Gasteiger partial charge on any atom is 0.402 e. The molecule has 1 aliphatic heterocycles. The second-order valence-corrected chi connectivity index (χ2v) is 6.74. The third-order valence-electron chi connectivity index (χ3n) is 3.28. The fourth-order valence-corrected chi connectivity index (χ4v) is 3.68. The van der Waals surface area contributed by atoms with E-state index in [4.69, 9.17) is 0 Å². The van der Waals surface area contributed by atoms with Crippen molar-refractivity contribution in [3.63, 3.8) is 0 Å². The Kier molecular flexibility index (Phi) is 4.38. The van der Waals surface area contributed by atoms with E-state index >= 15 is 0 Å². The molecule has 0 radical (unpaired) electrons. The zero-order valence-electron chi connectivity index (χ0n) is 10.4. The van der Waals surface area contributed by atoms with Crippen LogP contribution in [0.15, 0.2) is 0 Å². The Morgan fingerprint density at radius 2 is 1.95 bits per heavy atom. The molecule has 5 nitrogen and oxygen atoms in total. The van der Waals surface area contributed by atoms with E-state index in [-0.39, 0.29) is 18.6 Å². The minimum atomic E-state index is -4.53. The first-order chi connectivity index (χ1) is 8.78. The molecule has 1 atom stereocenters. The van der Waals surface area contributed by atoms with Gasteiger partial charge in [0, 0.05) is 18.6 Å². The predicted molar refractivity (Wildman–Crippen MR) is 63.7 cm³/mol. The van der Waals surface area contributed by atoms with Crippen LogP contribution < -0.4 is 10.0 Å². The van der Waals surface area contributed by atoms with Crippen molar-refractivity contribution in [2.24, 2.45) is 0 Å². The van der Waals surface area contributed by atoms with Gasteiger partial charge in [-0.25, -0.2) is 0 Å². The molecule has 0 bridgehead atoms. The summed E-state index contributed by atoms with van der Waals surface area (Å²) in [6.45, 7) is -0.437. The number of hydrogen-bond acceptors (Lipinski definition) is 3. The van der Waals surface area contributed by atoms with E-state index in [1.165, 1.54) is 4.31 Å². The zero-order valence-corrected chi connectivity index (χ0v) is 11.2. The lowest BCUT2D eigenvalue weighted by atomic mass is 10.2. The number of nitrogens with zero attached hydrogens (tertiary/aromatic N) is 1. The molecule has 1 saturated heterocycles. The first-order valence-corrected chi connectivity index (χ1v) is 7.78. The van der Waals surface area contributed by atoms with Gasteiger partial charge in [-0.2, -0.15) is 30.6 Å². The summed E-state index contributed by atoms with van der Waals surface area (Å²) in [5, 5.41) is 3.16. The van der Waals surface area contributed by atoms with Crippen molar-refractivity contribution in [3.8, 4) is 0 Å².